The van der Waals surface area contributed by atoms with Crippen molar-refractivity contribution in [1.82, 2.24) is 9.80 Å². The minimum Gasteiger partial charge on any atom is -0.493 e. The number of piperazine rings is 1. The molecule has 2 aromatic rings. The van der Waals surface area contributed by atoms with E-state index in [0.29, 0.717) is 16.5 Å². The molecule has 0 aromatic heterocycles. The lowest BCUT2D eigenvalue weighted by Gasteiger charge is -2.32. The molecule has 2 aromatic carbocycles. The molecule has 6 nitrogen and oxygen atoms in total. The first kappa shape index (κ1) is 22.2. The largest absolute Gasteiger partial charge is 0.493 e. The molecular formula is C23H28ClN3O3. The van der Waals surface area contributed by atoms with Crippen molar-refractivity contribution in [3.63, 3.8) is 0 Å². The maximum absolute atomic E-state index is 12.4. The summed E-state index contributed by atoms with van der Waals surface area (Å²) in [6, 6.07) is 11.5. The number of carbonyl (C=O) groups excluding carboxylic acids is 1. The molecule has 1 heterocycles. The van der Waals surface area contributed by atoms with Crippen LogP contribution in [0.2, 0.25) is 5.02 Å². The summed E-state index contributed by atoms with van der Waals surface area (Å²) in [5.74, 6) is 0.775. The van der Waals surface area contributed by atoms with Gasteiger partial charge in [0.2, 0.25) is 5.91 Å². The number of carbonyl (C=O) groups is 1. The van der Waals surface area contributed by atoms with Gasteiger partial charge < -0.3 is 19.7 Å². The van der Waals surface area contributed by atoms with Gasteiger partial charge in [-0.1, -0.05) is 23.7 Å². The Morgan fingerprint density at radius 1 is 1.13 bits per heavy atom. The number of anilines is 1. The molecule has 1 fully saturated rings. The third-order valence-corrected chi connectivity index (χ3v) is 5.36. The summed E-state index contributed by atoms with van der Waals surface area (Å²) in [5, 5.41) is 3.35. The third kappa shape index (κ3) is 5.98. The van der Waals surface area contributed by atoms with Gasteiger partial charge in [0.25, 0.3) is 0 Å². The zero-order chi connectivity index (χ0) is 21.5. The predicted molar refractivity (Wildman–Crippen MR) is 121 cm³/mol. The van der Waals surface area contributed by atoms with Gasteiger partial charge in [0.15, 0.2) is 11.5 Å². The van der Waals surface area contributed by atoms with Gasteiger partial charge in [-0.15, -0.1) is 0 Å². The van der Waals surface area contributed by atoms with Gasteiger partial charge in [-0.25, -0.2) is 0 Å². The molecule has 0 unspecified atom stereocenters. The quantitative estimate of drug-likeness (QED) is 0.679. The van der Waals surface area contributed by atoms with Gasteiger partial charge in [-0.05, 0) is 48.5 Å². The van der Waals surface area contributed by atoms with Crippen LogP contribution in [0.4, 0.5) is 5.69 Å². The van der Waals surface area contributed by atoms with Crippen LogP contribution < -0.4 is 14.8 Å². The van der Waals surface area contributed by atoms with Gasteiger partial charge in [-0.2, -0.15) is 0 Å². The number of ether oxygens (including phenoxy) is 2. The second-order valence-corrected chi connectivity index (χ2v) is 7.75. The van der Waals surface area contributed by atoms with Crippen LogP contribution in [0.25, 0.3) is 6.08 Å². The SMILES string of the molecule is COc1cc(/C=C/C(=O)Nc2cccc(CN3CCN(C)CC3)c2)cc(Cl)c1OC. The second kappa shape index (κ2) is 10.5. The van der Waals surface area contributed by atoms with Crippen molar-refractivity contribution < 1.29 is 14.3 Å². The van der Waals surface area contributed by atoms with E-state index in [1.165, 1.54) is 18.7 Å². The first-order valence-electron chi connectivity index (χ1n) is 9.89. The van der Waals surface area contributed by atoms with E-state index < -0.39 is 0 Å². The first-order chi connectivity index (χ1) is 14.5. The molecule has 1 amide bonds. The summed E-state index contributed by atoms with van der Waals surface area (Å²) in [5.41, 5.74) is 2.71. The molecule has 7 heteroatoms. The Bertz CT molecular complexity index is 909. The number of nitrogens with one attached hydrogen (secondary N) is 1. The summed E-state index contributed by atoms with van der Waals surface area (Å²) < 4.78 is 10.5. The summed E-state index contributed by atoms with van der Waals surface area (Å²) in [6.45, 7) is 5.17. The number of benzene rings is 2. The van der Waals surface area contributed by atoms with E-state index in [1.807, 2.05) is 18.2 Å². The smallest absolute Gasteiger partial charge is 0.248 e. The Labute approximate surface area is 183 Å². The van der Waals surface area contributed by atoms with E-state index >= 15 is 0 Å². The Hall–Kier alpha value is -2.54. The average molecular weight is 430 g/mol. The van der Waals surface area contributed by atoms with Crippen molar-refractivity contribution in [3.05, 3.63) is 58.6 Å². The molecule has 0 spiro atoms. The summed E-state index contributed by atoms with van der Waals surface area (Å²) in [6.07, 6.45) is 3.17. The van der Waals surface area contributed by atoms with Crippen molar-refractivity contribution >= 4 is 29.3 Å². The highest BCUT2D eigenvalue weighted by Gasteiger charge is 2.14. The number of nitrogens with zero attached hydrogens (tertiary/aromatic N) is 2. The number of amides is 1. The molecule has 1 aliphatic rings. The minimum atomic E-state index is -0.211. The molecular weight excluding hydrogens is 402 g/mol. The number of hydrogen-bond acceptors (Lipinski definition) is 5. The first-order valence-corrected chi connectivity index (χ1v) is 10.3. The number of halogens is 1. The number of rotatable bonds is 7. The molecule has 160 valence electrons. The zero-order valence-electron chi connectivity index (χ0n) is 17.7. The lowest BCUT2D eigenvalue weighted by Crippen LogP contribution is -2.43. The standard InChI is InChI=1S/C23H28ClN3O3/c1-26-9-11-27(12-10-26)16-18-5-4-6-19(13-18)25-22(28)8-7-17-14-20(24)23(30-3)21(15-17)29-2/h4-8,13-15H,9-12,16H2,1-3H3,(H,25,28)/b8-7+. The normalized spacial score (nSPS) is 15.3. The Kier molecular flexibility index (Phi) is 7.74. The fourth-order valence-corrected chi connectivity index (χ4v) is 3.70. The highest BCUT2D eigenvalue weighted by Crippen LogP contribution is 2.36. The summed E-state index contributed by atoms with van der Waals surface area (Å²) in [7, 11) is 5.23. The van der Waals surface area contributed by atoms with Crippen LogP contribution in [0.15, 0.2) is 42.5 Å². The van der Waals surface area contributed by atoms with E-state index in [-0.39, 0.29) is 5.91 Å². The Balaban J connectivity index is 1.61. The Morgan fingerprint density at radius 3 is 2.60 bits per heavy atom. The third-order valence-electron chi connectivity index (χ3n) is 5.08. The molecule has 3 rings (SSSR count). The maximum atomic E-state index is 12.4. The van der Waals surface area contributed by atoms with Gasteiger partial charge in [0.1, 0.15) is 0 Å². The topological polar surface area (TPSA) is 54.0 Å². The van der Waals surface area contributed by atoms with Crippen LogP contribution in [0.5, 0.6) is 11.5 Å². The molecule has 0 aliphatic carbocycles. The summed E-state index contributed by atoms with van der Waals surface area (Å²) in [4.78, 5) is 17.2. The Morgan fingerprint density at radius 2 is 1.90 bits per heavy atom. The lowest BCUT2D eigenvalue weighted by molar-refractivity contribution is -0.111. The van der Waals surface area contributed by atoms with Crippen LogP contribution in [-0.2, 0) is 11.3 Å². The molecule has 0 atom stereocenters. The monoisotopic (exact) mass is 429 g/mol. The predicted octanol–water partition coefficient (Wildman–Crippen LogP) is 3.76. The second-order valence-electron chi connectivity index (χ2n) is 7.34. The number of methoxy groups -OCH3 is 2. The molecule has 0 bridgehead atoms. The molecule has 0 saturated carbocycles. The van der Waals surface area contributed by atoms with Crippen LogP contribution >= 0.6 is 11.6 Å². The van der Waals surface area contributed by atoms with Gasteiger partial charge in [-0.3, -0.25) is 9.69 Å². The minimum absolute atomic E-state index is 0.211. The molecule has 30 heavy (non-hydrogen) atoms. The van der Waals surface area contributed by atoms with Crippen molar-refractivity contribution in [3.8, 4) is 11.5 Å². The van der Waals surface area contributed by atoms with Crippen molar-refractivity contribution in [1.29, 1.82) is 0 Å². The van der Waals surface area contributed by atoms with E-state index in [9.17, 15) is 4.79 Å². The fraction of sp³-hybridized carbons (Fsp3) is 0.348. The molecule has 1 aliphatic heterocycles. The van der Waals surface area contributed by atoms with Crippen molar-refractivity contribution in [2.24, 2.45) is 0 Å². The van der Waals surface area contributed by atoms with E-state index in [1.54, 1.807) is 25.3 Å². The van der Waals surface area contributed by atoms with Crippen LogP contribution in [-0.4, -0.2) is 63.2 Å². The van der Waals surface area contributed by atoms with Crippen LogP contribution in [0.1, 0.15) is 11.1 Å². The maximum Gasteiger partial charge on any atom is 0.248 e. The molecule has 1 N–H and O–H groups in total. The number of likely N-dealkylation sites (N-methyl/N-ethyl adjacent to an activating group) is 1. The summed E-state index contributed by atoms with van der Waals surface area (Å²) >= 11 is 6.22. The van der Waals surface area contributed by atoms with Crippen molar-refractivity contribution in [2.75, 3.05) is 52.8 Å². The van der Waals surface area contributed by atoms with Crippen molar-refractivity contribution in [2.45, 2.75) is 6.54 Å². The van der Waals surface area contributed by atoms with Gasteiger partial charge in [0.05, 0.1) is 19.2 Å². The number of hydrogen-bond donors (Lipinski definition) is 1. The van der Waals surface area contributed by atoms with E-state index in [2.05, 4.69) is 28.2 Å². The van der Waals surface area contributed by atoms with Crippen LogP contribution in [0.3, 0.4) is 0 Å². The van der Waals surface area contributed by atoms with Crippen LogP contribution in [0, 0.1) is 0 Å². The fourth-order valence-electron chi connectivity index (χ4n) is 3.40. The average Bonchev–Trinajstić information content (AvgIpc) is 2.73. The zero-order valence-corrected chi connectivity index (χ0v) is 18.4. The van der Waals surface area contributed by atoms with Gasteiger partial charge in [0, 0.05) is 44.5 Å². The van der Waals surface area contributed by atoms with E-state index in [4.69, 9.17) is 21.1 Å². The molecule has 1 saturated heterocycles. The highest BCUT2D eigenvalue weighted by atomic mass is 35.5. The lowest BCUT2D eigenvalue weighted by atomic mass is 10.1. The molecule has 0 radical (unpaired) electrons. The highest BCUT2D eigenvalue weighted by molar-refractivity contribution is 6.32. The van der Waals surface area contributed by atoms with Gasteiger partial charge >= 0.3 is 0 Å². The van der Waals surface area contributed by atoms with E-state index in [0.717, 1.165) is 44.0 Å².